The first-order chi connectivity index (χ1) is 10.1. The van der Waals surface area contributed by atoms with Crippen molar-refractivity contribution in [2.45, 2.75) is 25.7 Å². The molecule has 0 bridgehead atoms. The van der Waals surface area contributed by atoms with Crippen LogP contribution in [0.3, 0.4) is 0 Å². The first kappa shape index (κ1) is 13.7. The van der Waals surface area contributed by atoms with Gasteiger partial charge in [0.2, 0.25) is 0 Å². The van der Waals surface area contributed by atoms with Crippen LogP contribution in [0.4, 0.5) is 0 Å². The van der Waals surface area contributed by atoms with Gasteiger partial charge in [-0.25, -0.2) is 4.79 Å². The Morgan fingerprint density at radius 2 is 1.67 bits per heavy atom. The molecule has 21 heavy (non-hydrogen) atoms. The van der Waals surface area contributed by atoms with Gasteiger partial charge in [0, 0.05) is 11.1 Å². The van der Waals surface area contributed by atoms with E-state index in [9.17, 15) is 9.59 Å². The molecule has 3 rings (SSSR count). The van der Waals surface area contributed by atoms with Gasteiger partial charge in [0.1, 0.15) is 5.75 Å². The third-order valence-corrected chi connectivity index (χ3v) is 3.82. The van der Waals surface area contributed by atoms with Gasteiger partial charge < -0.3 is 19.3 Å². The molecule has 2 aliphatic heterocycles. The van der Waals surface area contributed by atoms with Gasteiger partial charge in [-0.15, -0.1) is 0 Å². The summed E-state index contributed by atoms with van der Waals surface area (Å²) >= 11 is 0. The van der Waals surface area contributed by atoms with Gasteiger partial charge in [0.25, 0.3) is 5.78 Å². The molecule has 0 saturated heterocycles. The van der Waals surface area contributed by atoms with Crippen LogP contribution in [-0.4, -0.2) is 37.2 Å². The molecule has 0 saturated carbocycles. The summed E-state index contributed by atoms with van der Waals surface area (Å²) in [4.78, 5) is 23.3. The molecule has 2 aliphatic rings. The fourth-order valence-electron chi connectivity index (χ4n) is 2.97. The van der Waals surface area contributed by atoms with E-state index in [-0.39, 0.29) is 5.56 Å². The smallest absolute Gasteiger partial charge is 0.377 e. The standard InChI is InChI=1S/C15H16O6/c1-19-13-9-5-3-6-20-12(9)10(11(16)15(17)18)8-4-2-7-21-14(8)13/h2-7H2,1H3,(H,17,18). The Balaban J connectivity index is 2.31. The van der Waals surface area contributed by atoms with E-state index in [0.717, 1.165) is 18.4 Å². The van der Waals surface area contributed by atoms with Gasteiger partial charge >= 0.3 is 5.97 Å². The molecule has 1 aromatic carbocycles. The Labute approximate surface area is 121 Å². The van der Waals surface area contributed by atoms with Crippen LogP contribution in [0.5, 0.6) is 17.2 Å². The lowest BCUT2D eigenvalue weighted by Crippen LogP contribution is -2.23. The summed E-state index contributed by atoms with van der Waals surface area (Å²) in [6, 6.07) is 0. The van der Waals surface area contributed by atoms with Gasteiger partial charge in [-0.1, -0.05) is 0 Å². The van der Waals surface area contributed by atoms with Crippen molar-refractivity contribution in [3.8, 4) is 17.2 Å². The van der Waals surface area contributed by atoms with Crippen molar-refractivity contribution in [3.05, 3.63) is 16.7 Å². The molecule has 0 amide bonds. The number of carbonyl (C=O) groups is 2. The highest BCUT2D eigenvalue weighted by Gasteiger charge is 2.34. The van der Waals surface area contributed by atoms with E-state index < -0.39 is 11.8 Å². The number of aliphatic carboxylic acids is 1. The van der Waals surface area contributed by atoms with E-state index in [4.69, 9.17) is 19.3 Å². The average Bonchev–Trinajstić information content (AvgIpc) is 2.51. The molecule has 0 aromatic heterocycles. The van der Waals surface area contributed by atoms with Crippen LogP contribution in [0, 0.1) is 0 Å². The minimum Gasteiger partial charge on any atom is -0.492 e. The van der Waals surface area contributed by atoms with Crippen LogP contribution in [0.2, 0.25) is 0 Å². The number of Topliss-reactive ketones (excluding diaryl/α,β-unsaturated/α-hetero) is 1. The molecule has 0 aliphatic carbocycles. The normalized spacial score (nSPS) is 16.0. The molecule has 0 fully saturated rings. The summed E-state index contributed by atoms with van der Waals surface area (Å²) in [5, 5.41) is 9.09. The predicted octanol–water partition coefficient (Wildman–Crippen LogP) is 1.61. The zero-order valence-electron chi connectivity index (χ0n) is 11.7. The minimum absolute atomic E-state index is 0.132. The highest BCUT2D eigenvalue weighted by atomic mass is 16.5. The van der Waals surface area contributed by atoms with Gasteiger partial charge in [0.05, 0.1) is 25.9 Å². The lowest BCUT2D eigenvalue weighted by atomic mass is 9.90. The van der Waals surface area contributed by atoms with E-state index in [1.807, 2.05) is 0 Å². The zero-order valence-corrected chi connectivity index (χ0v) is 11.7. The summed E-state index contributed by atoms with van der Waals surface area (Å²) in [7, 11) is 1.54. The Hall–Kier alpha value is -2.24. The maximum atomic E-state index is 12.1. The third-order valence-electron chi connectivity index (χ3n) is 3.82. The fraction of sp³-hybridized carbons (Fsp3) is 0.467. The second-order valence-electron chi connectivity index (χ2n) is 5.06. The number of methoxy groups -OCH3 is 1. The van der Waals surface area contributed by atoms with E-state index in [1.54, 1.807) is 7.11 Å². The molecule has 0 atom stereocenters. The lowest BCUT2D eigenvalue weighted by molar-refractivity contribution is -0.131. The van der Waals surface area contributed by atoms with Crippen LogP contribution >= 0.6 is 0 Å². The van der Waals surface area contributed by atoms with Gasteiger partial charge in [-0.05, 0) is 25.7 Å². The Morgan fingerprint density at radius 3 is 2.29 bits per heavy atom. The quantitative estimate of drug-likeness (QED) is 0.673. The number of ether oxygens (including phenoxy) is 3. The Bertz CT molecular complexity index is 582. The lowest BCUT2D eigenvalue weighted by Gasteiger charge is -2.29. The number of carboxylic acid groups (broad SMARTS) is 1. The molecule has 1 N–H and O–H groups in total. The molecule has 6 heteroatoms. The summed E-state index contributed by atoms with van der Waals surface area (Å²) < 4.78 is 16.7. The molecule has 2 heterocycles. The number of hydrogen-bond donors (Lipinski definition) is 1. The van der Waals surface area contributed by atoms with Crippen LogP contribution < -0.4 is 14.2 Å². The summed E-state index contributed by atoms with van der Waals surface area (Å²) in [6.07, 6.45) is 2.78. The number of rotatable bonds is 3. The molecule has 0 unspecified atom stereocenters. The van der Waals surface area contributed by atoms with E-state index in [0.29, 0.717) is 48.9 Å². The Morgan fingerprint density at radius 1 is 1.05 bits per heavy atom. The van der Waals surface area contributed by atoms with Crippen LogP contribution in [0.15, 0.2) is 0 Å². The maximum Gasteiger partial charge on any atom is 0.377 e. The molecular weight excluding hydrogens is 276 g/mol. The summed E-state index contributed by atoms with van der Waals surface area (Å²) in [5.41, 5.74) is 1.45. The fourth-order valence-corrected chi connectivity index (χ4v) is 2.97. The van der Waals surface area contributed by atoms with Crippen molar-refractivity contribution in [1.29, 1.82) is 0 Å². The van der Waals surface area contributed by atoms with Crippen molar-refractivity contribution in [2.24, 2.45) is 0 Å². The Kier molecular flexibility index (Phi) is 3.45. The first-order valence-corrected chi connectivity index (χ1v) is 6.94. The summed E-state index contributed by atoms with van der Waals surface area (Å²) in [5.74, 6) is -1.00. The SMILES string of the molecule is COc1c2c(c(C(=O)C(=O)O)c3c1OCCC3)OCCC2. The largest absolute Gasteiger partial charge is 0.492 e. The van der Waals surface area contributed by atoms with E-state index in [1.165, 1.54) is 0 Å². The van der Waals surface area contributed by atoms with Crippen LogP contribution in [-0.2, 0) is 17.6 Å². The van der Waals surface area contributed by atoms with Gasteiger partial charge in [0.15, 0.2) is 11.5 Å². The van der Waals surface area contributed by atoms with Gasteiger partial charge in [-0.2, -0.15) is 0 Å². The van der Waals surface area contributed by atoms with E-state index in [2.05, 4.69) is 0 Å². The topological polar surface area (TPSA) is 82.1 Å². The molecule has 1 aromatic rings. The highest BCUT2D eigenvalue weighted by molar-refractivity contribution is 6.41. The number of ketones is 1. The van der Waals surface area contributed by atoms with Crippen molar-refractivity contribution >= 4 is 11.8 Å². The maximum absolute atomic E-state index is 12.1. The molecule has 112 valence electrons. The number of carboxylic acids is 1. The monoisotopic (exact) mass is 292 g/mol. The molecule has 6 nitrogen and oxygen atoms in total. The van der Waals surface area contributed by atoms with Crippen LogP contribution in [0.25, 0.3) is 0 Å². The second kappa shape index (κ2) is 5.27. The van der Waals surface area contributed by atoms with Crippen molar-refractivity contribution in [1.82, 2.24) is 0 Å². The van der Waals surface area contributed by atoms with Gasteiger partial charge in [-0.3, -0.25) is 4.79 Å². The zero-order chi connectivity index (χ0) is 15.0. The number of fused-ring (bicyclic) bond motifs is 2. The van der Waals surface area contributed by atoms with Crippen molar-refractivity contribution in [3.63, 3.8) is 0 Å². The molecule has 0 spiro atoms. The second-order valence-corrected chi connectivity index (χ2v) is 5.06. The highest BCUT2D eigenvalue weighted by Crippen LogP contribution is 2.48. The predicted molar refractivity (Wildman–Crippen MR) is 72.6 cm³/mol. The summed E-state index contributed by atoms with van der Waals surface area (Å²) in [6.45, 7) is 0.999. The van der Waals surface area contributed by atoms with Crippen molar-refractivity contribution < 1.29 is 28.9 Å². The number of carbonyl (C=O) groups excluding carboxylic acids is 1. The average molecular weight is 292 g/mol. The van der Waals surface area contributed by atoms with Crippen LogP contribution in [0.1, 0.15) is 34.3 Å². The number of benzene rings is 1. The van der Waals surface area contributed by atoms with E-state index >= 15 is 0 Å². The first-order valence-electron chi connectivity index (χ1n) is 6.94. The molecule has 0 radical (unpaired) electrons. The third kappa shape index (κ3) is 2.11. The minimum atomic E-state index is -1.48. The van der Waals surface area contributed by atoms with Crippen molar-refractivity contribution in [2.75, 3.05) is 20.3 Å². The molecular formula is C15H16O6. The number of hydrogen-bond acceptors (Lipinski definition) is 5.